The Morgan fingerprint density at radius 3 is 2.50 bits per heavy atom. The minimum absolute atomic E-state index is 0.190. The van der Waals surface area contributed by atoms with Gasteiger partial charge in [0.2, 0.25) is 0 Å². The van der Waals surface area contributed by atoms with Gasteiger partial charge in [-0.05, 0) is 31.6 Å². The fourth-order valence-corrected chi connectivity index (χ4v) is 2.39. The summed E-state index contributed by atoms with van der Waals surface area (Å²) in [5, 5.41) is 20.9. The molecular formula is C11H23NO3S. The summed E-state index contributed by atoms with van der Waals surface area (Å²) in [4.78, 5) is 11.3. The van der Waals surface area contributed by atoms with Crippen LogP contribution in [0, 0.1) is 0 Å². The highest BCUT2D eigenvalue weighted by Crippen LogP contribution is 2.19. The summed E-state index contributed by atoms with van der Waals surface area (Å²) in [6.07, 6.45) is 2.10. The Labute approximate surface area is 102 Å². The first kappa shape index (κ1) is 15.7. The van der Waals surface area contributed by atoms with Gasteiger partial charge < -0.3 is 15.5 Å². The van der Waals surface area contributed by atoms with Crippen molar-refractivity contribution < 1.29 is 15.0 Å². The summed E-state index contributed by atoms with van der Waals surface area (Å²) in [7, 11) is 0. The van der Waals surface area contributed by atoms with Crippen LogP contribution in [0.15, 0.2) is 0 Å². The fourth-order valence-electron chi connectivity index (χ4n) is 1.70. The van der Waals surface area contributed by atoms with Crippen molar-refractivity contribution in [2.24, 2.45) is 0 Å². The van der Waals surface area contributed by atoms with Gasteiger partial charge in [-0.15, -0.1) is 0 Å². The Kier molecular flexibility index (Phi) is 8.70. The first-order valence-electron chi connectivity index (χ1n) is 5.80. The third-order valence-corrected chi connectivity index (χ3v) is 3.70. The second kappa shape index (κ2) is 8.84. The maximum atomic E-state index is 11.3. The van der Waals surface area contributed by atoms with E-state index in [4.69, 9.17) is 5.11 Å². The van der Waals surface area contributed by atoms with E-state index in [1.165, 1.54) is 0 Å². The van der Waals surface area contributed by atoms with E-state index < -0.39 is 11.5 Å². The summed E-state index contributed by atoms with van der Waals surface area (Å²) >= 11 is 1.66. The minimum Gasteiger partial charge on any atom is -0.480 e. The monoisotopic (exact) mass is 249 g/mol. The lowest BCUT2D eigenvalue weighted by atomic mass is 9.91. The van der Waals surface area contributed by atoms with Crippen LogP contribution in [-0.4, -0.2) is 46.4 Å². The molecule has 1 atom stereocenters. The predicted molar refractivity (Wildman–Crippen MR) is 68.0 cm³/mol. The number of rotatable bonds is 10. The normalized spacial score (nSPS) is 14.7. The van der Waals surface area contributed by atoms with Crippen molar-refractivity contribution in [1.82, 2.24) is 5.32 Å². The molecule has 0 aromatic rings. The average molecular weight is 249 g/mol. The Morgan fingerprint density at radius 2 is 2.06 bits per heavy atom. The molecule has 0 heterocycles. The van der Waals surface area contributed by atoms with Crippen molar-refractivity contribution in [3.8, 4) is 0 Å². The van der Waals surface area contributed by atoms with Crippen LogP contribution in [0.2, 0.25) is 0 Å². The smallest absolute Gasteiger partial charge is 0.323 e. The predicted octanol–water partition coefficient (Wildman–Crippen LogP) is 1.33. The first-order chi connectivity index (χ1) is 7.63. The van der Waals surface area contributed by atoms with Gasteiger partial charge in [-0.25, -0.2) is 0 Å². The SMILES string of the molecule is CCNC(CC)(CCCSCCO)C(=O)O. The lowest BCUT2D eigenvalue weighted by molar-refractivity contribution is -0.145. The van der Waals surface area contributed by atoms with E-state index in [1.54, 1.807) is 11.8 Å². The number of carboxylic acids is 1. The topological polar surface area (TPSA) is 69.6 Å². The summed E-state index contributed by atoms with van der Waals surface area (Å²) in [6, 6.07) is 0. The van der Waals surface area contributed by atoms with Gasteiger partial charge in [0.15, 0.2) is 0 Å². The Hall–Kier alpha value is -0.260. The van der Waals surface area contributed by atoms with Crippen molar-refractivity contribution in [3.63, 3.8) is 0 Å². The molecule has 16 heavy (non-hydrogen) atoms. The summed E-state index contributed by atoms with van der Waals surface area (Å²) < 4.78 is 0. The molecule has 0 aliphatic rings. The number of likely N-dealkylation sites (N-methyl/N-ethyl adjacent to an activating group) is 1. The number of carboxylic acid groups (broad SMARTS) is 1. The average Bonchev–Trinajstić information content (AvgIpc) is 2.27. The molecular weight excluding hydrogens is 226 g/mol. The lowest BCUT2D eigenvalue weighted by Crippen LogP contribution is -2.51. The second-order valence-electron chi connectivity index (χ2n) is 3.71. The largest absolute Gasteiger partial charge is 0.480 e. The van der Waals surface area contributed by atoms with E-state index in [1.807, 2.05) is 13.8 Å². The summed E-state index contributed by atoms with van der Waals surface area (Å²) in [5.74, 6) is 0.873. The molecule has 0 radical (unpaired) electrons. The van der Waals surface area contributed by atoms with Gasteiger partial charge in [0, 0.05) is 5.75 Å². The van der Waals surface area contributed by atoms with Gasteiger partial charge in [0.1, 0.15) is 5.54 Å². The van der Waals surface area contributed by atoms with Crippen molar-refractivity contribution in [2.45, 2.75) is 38.6 Å². The van der Waals surface area contributed by atoms with Crippen molar-refractivity contribution in [3.05, 3.63) is 0 Å². The molecule has 0 saturated heterocycles. The maximum absolute atomic E-state index is 11.3. The van der Waals surface area contributed by atoms with Crippen LogP contribution in [0.5, 0.6) is 0 Å². The maximum Gasteiger partial charge on any atom is 0.323 e. The molecule has 1 unspecified atom stereocenters. The number of carbonyl (C=O) groups is 1. The fraction of sp³-hybridized carbons (Fsp3) is 0.909. The van der Waals surface area contributed by atoms with E-state index in [0.29, 0.717) is 19.4 Å². The van der Waals surface area contributed by atoms with Crippen LogP contribution >= 0.6 is 11.8 Å². The van der Waals surface area contributed by atoms with E-state index in [0.717, 1.165) is 17.9 Å². The lowest BCUT2D eigenvalue weighted by Gasteiger charge is -2.29. The molecule has 0 bridgehead atoms. The van der Waals surface area contributed by atoms with Crippen molar-refractivity contribution >= 4 is 17.7 Å². The summed E-state index contributed by atoms with van der Waals surface area (Å²) in [6.45, 7) is 4.69. The van der Waals surface area contributed by atoms with Crippen LogP contribution < -0.4 is 5.32 Å². The zero-order chi connectivity index (χ0) is 12.4. The van der Waals surface area contributed by atoms with Gasteiger partial charge in [-0.1, -0.05) is 13.8 Å². The third kappa shape index (κ3) is 5.18. The number of aliphatic hydroxyl groups is 1. The first-order valence-corrected chi connectivity index (χ1v) is 6.95. The highest BCUT2D eigenvalue weighted by molar-refractivity contribution is 7.99. The highest BCUT2D eigenvalue weighted by atomic mass is 32.2. The van der Waals surface area contributed by atoms with Crippen LogP contribution in [-0.2, 0) is 4.79 Å². The molecule has 96 valence electrons. The minimum atomic E-state index is -0.769. The number of aliphatic carboxylic acids is 1. The summed E-state index contributed by atoms with van der Waals surface area (Å²) in [5.41, 5.74) is -0.769. The number of hydrogen-bond donors (Lipinski definition) is 3. The number of hydrogen-bond acceptors (Lipinski definition) is 4. The Bertz CT molecular complexity index is 202. The molecule has 0 aliphatic heterocycles. The van der Waals surface area contributed by atoms with Crippen LogP contribution in [0.3, 0.4) is 0 Å². The number of thioether (sulfide) groups is 1. The van der Waals surface area contributed by atoms with Crippen LogP contribution in [0.1, 0.15) is 33.1 Å². The molecule has 0 fully saturated rings. The standard InChI is InChI=1S/C11H23NO3S/c1-3-11(10(14)15,12-4-2)6-5-8-16-9-7-13/h12-13H,3-9H2,1-2H3,(H,14,15). The van der Waals surface area contributed by atoms with Crippen LogP contribution in [0.4, 0.5) is 0 Å². The van der Waals surface area contributed by atoms with Crippen molar-refractivity contribution in [2.75, 3.05) is 24.7 Å². The zero-order valence-corrected chi connectivity index (χ0v) is 11.0. The third-order valence-electron chi connectivity index (χ3n) is 2.66. The number of nitrogens with one attached hydrogen (secondary N) is 1. The molecule has 5 heteroatoms. The number of aliphatic hydroxyl groups excluding tert-OH is 1. The molecule has 4 nitrogen and oxygen atoms in total. The molecule has 0 aromatic heterocycles. The Morgan fingerprint density at radius 1 is 1.38 bits per heavy atom. The van der Waals surface area contributed by atoms with Gasteiger partial charge in [0.05, 0.1) is 6.61 Å². The Balaban J connectivity index is 4.05. The van der Waals surface area contributed by atoms with Gasteiger partial charge in [0.25, 0.3) is 0 Å². The van der Waals surface area contributed by atoms with Gasteiger partial charge >= 0.3 is 5.97 Å². The van der Waals surface area contributed by atoms with Gasteiger partial charge in [-0.3, -0.25) is 4.79 Å². The molecule has 0 rings (SSSR count). The van der Waals surface area contributed by atoms with E-state index >= 15 is 0 Å². The second-order valence-corrected chi connectivity index (χ2v) is 4.94. The van der Waals surface area contributed by atoms with E-state index in [-0.39, 0.29) is 6.61 Å². The molecule has 0 spiro atoms. The molecule has 0 aromatic carbocycles. The zero-order valence-electron chi connectivity index (χ0n) is 10.2. The van der Waals surface area contributed by atoms with Crippen molar-refractivity contribution in [1.29, 1.82) is 0 Å². The quantitative estimate of drug-likeness (QED) is 0.510. The molecule has 0 amide bonds. The van der Waals surface area contributed by atoms with Crippen LogP contribution in [0.25, 0.3) is 0 Å². The molecule has 0 aliphatic carbocycles. The van der Waals surface area contributed by atoms with E-state index in [9.17, 15) is 9.90 Å². The molecule has 3 N–H and O–H groups in total. The van der Waals surface area contributed by atoms with E-state index in [2.05, 4.69) is 5.32 Å². The molecule has 0 saturated carbocycles. The highest BCUT2D eigenvalue weighted by Gasteiger charge is 2.34. The van der Waals surface area contributed by atoms with Gasteiger partial charge in [-0.2, -0.15) is 11.8 Å².